The molecule has 0 saturated carbocycles. The maximum Gasteiger partial charge on any atom is 0.262 e. The zero-order valence-electron chi connectivity index (χ0n) is 13.2. The van der Waals surface area contributed by atoms with Gasteiger partial charge in [0, 0.05) is 37.3 Å². The summed E-state index contributed by atoms with van der Waals surface area (Å²) >= 11 is 3.27. The fourth-order valence-electron chi connectivity index (χ4n) is 2.58. The molecule has 0 unspecified atom stereocenters. The van der Waals surface area contributed by atoms with Gasteiger partial charge in [0.1, 0.15) is 4.83 Å². The second-order valence-electron chi connectivity index (χ2n) is 5.52. The van der Waals surface area contributed by atoms with Gasteiger partial charge in [0.15, 0.2) is 5.16 Å². The van der Waals surface area contributed by atoms with Crippen LogP contribution in [0.1, 0.15) is 10.4 Å². The Kier molecular flexibility index (Phi) is 4.87. The zero-order chi connectivity index (χ0) is 15.7. The third-order valence-corrected chi connectivity index (χ3v) is 6.22. The Bertz CT molecular complexity index is 732. The zero-order valence-corrected chi connectivity index (χ0v) is 14.9. The summed E-state index contributed by atoms with van der Waals surface area (Å²) < 4.78 is 7.04. The number of fused-ring (bicyclic) bond motifs is 1. The van der Waals surface area contributed by atoms with Crippen molar-refractivity contribution >= 4 is 33.3 Å². The standard InChI is InChI=1S/C15H21N3O2S2/c1-10-11(2)22-13-12(10)14(19)17(3)15(16-13)21-9-6-18-4-7-20-8-5-18/h4-9H2,1-3H3. The van der Waals surface area contributed by atoms with E-state index in [4.69, 9.17) is 9.72 Å². The summed E-state index contributed by atoms with van der Waals surface area (Å²) in [6, 6.07) is 0. The van der Waals surface area contributed by atoms with Crippen LogP contribution < -0.4 is 5.56 Å². The average Bonchev–Trinajstić information content (AvgIpc) is 2.80. The normalized spacial score (nSPS) is 16.5. The number of hydrogen-bond acceptors (Lipinski definition) is 6. The molecule has 1 aliphatic rings. The fraction of sp³-hybridized carbons (Fsp3) is 0.600. The summed E-state index contributed by atoms with van der Waals surface area (Å²) in [5.41, 5.74) is 1.14. The van der Waals surface area contributed by atoms with E-state index in [-0.39, 0.29) is 5.56 Å². The monoisotopic (exact) mass is 339 g/mol. The van der Waals surface area contributed by atoms with Crippen molar-refractivity contribution in [3.05, 3.63) is 20.8 Å². The summed E-state index contributed by atoms with van der Waals surface area (Å²) in [7, 11) is 1.82. The van der Waals surface area contributed by atoms with Crippen molar-refractivity contribution in [1.29, 1.82) is 0 Å². The first-order chi connectivity index (χ1) is 10.6. The molecule has 1 saturated heterocycles. The van der Waals surface area contributed by atoms with Gasteiger partial charge in [-0.2, -0.15) is 0 Å². The number of rotatable bonds is 4. The van der Waals surface area contributed by atoms with Crippen LogP contribution in [0.5, 0.6) is 0 Å². The van der Waals surface area contributed by atoms with E-state index < -0.39 is 0 Å². The van der Waals surface area contributed by atoms with Gasteiger partial charge in [-0.3, -0.25) is 14.3 Å². The number of thioether (sulfide) groups is 1. The quantitative estimate of drug-likeness (QED) is 0.630. The van der Waals surface area contributed by atoms with Gasteiger partial charge in [-0.05, 0) is 19.4 Å². The highest BCUT2D eigenvalue weighted by Crippen LogP contribution is 2.27. The van der Waals surface area contributed by atoms with Crippen molar-refractivity contribution in [1.82, 2.24) is 14.5 Å². The Morgan fingerprint density at radius 1 is 1.32 bits per heavy atom. The van der Waals surface area contributed by atoms with Gasteiger partial charge in [-0.15, -0.1) is 11.3 Å². The lowest BCUT2D eigenvalue weighted by atomic mass is 10.2. The highest BCUT2D eigenvalue weighted by atomic mass is 32.2. The molecule has 0 radical (unpaired) electrons. The largest absolute Gasteiger partial charge is 0.379 e. The molecule has 5 nitrogen and oxygen atoms in total. The van der Waals surface area contributed by atoms with E-state index >= 15 is 0 Å². The van der Waals surface area contributed by atoms with E-state index in [0.717, 1.165) is 59.5 Å². The van der Waals surface area contributed by atoms with Gasteiger partial charge in [-0.25, -0.2) is 4.98 Å². The van der Waals surface area contributed by atoms with Gasteiger partial charge in [0.25, 0.3) is 5.56 Å². The van der Waals surface area contributed by atoms with Crippen molar-refractivity contribution < 1.29 is 4.74 Å². The van der Waals surface area contributed by atoms with Crippen LogP contribution in [0.15, 0.2) is 9.95 Å². The second-order valence-corrected chi connectivity index (χ2v) is 7.79. The lowest BCUT2D eigenvalue weighted by molar-refractivity contribution is 0.0410. The van der Waals surface area contributed by atoms with Crippen LogP contribution >= 0.6 is 23.1 Å². The van der Waals surface area contributed by atoms with Gasteiger partial charge in [-0.1, -0.05) is 11.8 Å². The van der Waals surface area contributed by atoms with Gasteiger partial charge >= 0.3 is 0 Å². The fourth-order valence-corrected chi connectivity index (χ4v) is 4.62. The molecule has 22 heavy (non-hydrogen) atoms. The number of nitrogens with zero attached hydrogens (tertiary/aromatic N) is 3. The molecule has 0 aliphatic carbocycles. The molecule has 0 spiro atoms. The van der Waals surface area contributed by atoms with Crippen LogP contribution in [0.2, 0.25) is 0 Å². The van der Waals surface area contributed by atoms with Crippen LogP contribution in [-0.4, -0.2) is 53.1 Å². The first kappa shape index (κ1) is 16.0. The van der Waals surface area contributed by atoms with Crippen molar-refractivity contribution in [2.45, 2.75) is 19.0 Å². The molecule has 1 fully saturated rings. The topological polar surface area (TPSA) is 47.4 Å². The molecule has 2 aromatic heterocycles. The first-order valence-electron chi connectivity index (χ1n) is 7.47. The summed E-state index contributed by atoms with van der Waals surface area (Å²) in [6.07, 6.45) is 0. The van der Waals surface area contributed by atoms with Gasteiger partial charge < -0.3 is 4.74 Å². The van der Waals surface area contributed by atoms with Crippen molar-refractivity contribution in [3.63, 3.8) is 0 Å². The van der Waals surface area contributed by atoms with Crippen LogP contribution in [0, 0.1) is 13.8 Å². The Labute approximate surface area is 138 Å². The molecule has 0 N–H and O–H groups in total. The Balaban J connectivity index is 1.76. The lowest BCUT2D eigenvalue weighted by Gasteiger charge is -2.26. The minimum atomic E-state index is 0.0701. The van der Waals surface area contributed by atoms with Crippen molar-refractivity contribution in [2.24, 2.45) is 7.05 Å². The lowest BCUT2D eigenvalue weighted by Crippen LogP contribution is -2.37. The molecule has 120 valence electrons. The molecule has 0 amide bonds. The third-order valence-electron chi connectivity index (χ3n) is 4.11. The number of aryl methyl sites for hydroxylation is 2. The average molecular weight is 339 g/mol. The molecule has 3 rings (SSSR count). The summed E-state index contributed by atoms with van der Waals surface area (Å²) in [5, 5.41) is 1.59. The maximum absolute atomic E-state index is 12.5. The van der Waals surface area contributed by atoms with E-state index in [1.54, 1.807) is 27.7 Å². The third kappa shape index (κ3) is 3.08. The summed E-state index contributed by atoms with van der Waals surface area (Å²) in [5.74, 6) is 0.940. The second kappa shape index (κ2) is 6.70. The number of hydrogen-bond donors (Lipinski definition) is 0. The van der Waals surface area contributed by atoms with E-state index in [9.17, 15) is 4.79 Å². The highest BCUT2D eigenvalue weighted by molar-refractivity contribution is 7.99. The summed E-state index contributed by atoms with van der Waals surface area (Å²) in [6.45, 7) is 8.69. The van der Waals surface area contributed by atoms with E-state index in [1.807, 2.05) is 20.9 Å². The molecule has 0 atom stereocenters. The highest BCUT2D eigenvalue weighted by Gasteiger charge is 2.15. The smallest absolute Gasteiger partial charge is 0.262 e. The minimum absolute atomic E-state index is 0.0701. The van der Waals surface area contributed by atoms with Crippen molar-refractivity contribution in [3.8, 4) is 0 Å². The van der Waals surface area contributed by atoms with Crippen LogP contribution in [0.3, 0.4) is 0 Å². The first-order valence-corrected chi connectivity index (χ1v) is 9.27. The van der Waals surface area contributed by atoms with Crippen molar-refractivity contribution in [2.75, 3.05) is 38.6 Å². The molecule has 3 heterocycles. The van der Waals surface area contributed by atoms with Crippen LogP contribution in [0.4, 0.5) is 0 Å². The van der Waals surface area contributed by atoms with Crippen LogP contribution in [-0.2, 0) is 11.8 Å². The molecular formula is C15H21N3O2S2. The maximum atomic E-state index is 12.5. The Morgan fingerprint density at radius 3 is 2.77 bits per heavy atom. The summed E-state index contributed by atoms with van der Waals surface area (Å²) in [4.78, 5) is 21.7. The van der Waals surface area contributed by atoms with Gasteiger partial charge in [0.2, 0.25) is 0 Å². The number of ether oxygens (including phenoxy) is 1. The van der Waals surface area contributed by atoms with Crippen LogP contribution in [0.25, 0.3) is 10.2 Å². The molecule has 0 bridgehead atoms. The predicted molar refractivity (Wildman–Crippen MR) is 92.3 cm³/mol. The predicted octanol–water partition coefficient (Wildman–Crippen LogP) is 2.04. The van der Waals surface area contributed by atoms with E-state index in [1.165, 1.54) is 4.88 Å². The minimum Gasteiger partial charge on any atom is -0.379 e. The Hall–Kier alpha value is -0.890. The number of thiophene rings is 1. The molecular weight excluding hydrogens is 318 g/mol. The molecule has 1 aliphatic heterocycles. The number of aromatic nitrogens is 2. The molecule has 2 aromatic rings. The molecule has 7 heteroatoms. The van der Waals surface area contributed by atoms with E-state index in [2.05, 4.69) is 4.90 Å². The number of morpholine rings is 1. The molecule has 0 aromatic carbocycles. The van der Waals surface area contributed by atoms with E-state index in [0.29, 0.717) is 0 Å². The SMILES string of the molecule is Cc1sc2nc(SCCN3CCOCC3)n(C)c(=O)c2c1C. The Morgan fingerprint density at radius 2 is 2.05 bits per heavy atom. The van der Waals surface area contributed by atoms with Gasteiger partial charge in [0.05, 0.1) is 18.6 Å².